The molecule has 2 N–H and O–H groups in total. The van der Waals surface area contributed by atoms with Crippen LogP contribution >= 0.6 is 11.6 Å². The summed E-state index contributed by atoms with van der Waals surface area (Å²) in [5.41, 5.74) is 2.28. The van der Waals surface area contributed by atoms with Gasteiger partial charge >= 0.3 is 0 Å². The fraction of sp³-hybridized carbons (Fsp3) is 0.407. The molecular formula is C27H30ClN3O6S. The van der Waals surface area contributed by atoms with E-state index in [1.165, 1.54) is 6.07 Å². The maximum absolute atomic E-state index is 13.7. The van der Waals surface area contributed by atoms with E-state index in [9.17, 15) is 18.3 Å². The molecule has 0 spiro atoms. The minimum Gasteiger partial charge on any atom is -0.507 e. The molecule has 0 aliphatic carbocycles. The van der Waals surface area contributed by atoms with Gasteiger partial charge in [0.15, 0.2) is 21.3 Å². The van der Waals surface area contributed by atoms with Crippen LogP contribution in [-0.2, 0) is 9.84 Å². The topological polar surface area (TPSA) is 122 Å². The Balaban J connectivity index is 1.65. The molecule has 1 fully saturated rings. The van der Waals surface area contributed by atoms with Crippen LogP contribution in [0.1, 0.15) is 60.8 Å². The molecule has 1 amide bonds. The molecule has 202 valence electrons. The predicted molar refractivity (Wildman–Crippen MR) is 144 cm³/mol. The van der Waals surface area contributed by atoms with Gasteiger partial charge in [0.1, 0.15) is 17.1 Å². The molecule has 3 heterocycles. The van der Waals surface area contributed by atoms with Crippen LogP contribution in [0.4, 0.5) is 0 Å². The second-order valence-electron chi connectivity index (χ2n) is 9.54. The molecule has 2 atom stereocenters. The SMILES string of the molecule is CCCCOc1ccc(C2c3c(-c4cc(Cl)ccc4O)n[nH]c3C(=O)N2C2CCS(=O)(=O)C2)cc1OCC. The Hall–Kier alpha value is -3.24. The third-order valence-electron chi connectivity index (χ3n) is 6.96. The molecule has 9 nitrogen and oxygen atoms in total. The molecule has 2 aliphatic heterocycles. The van der Waals surface area contributed by atoms with Gasteiger partial charge in [-0.1, -0.05) is 31.0 Å². The Kier molecular flexibility index (Phi) is 7.28. The van der Waals surface area contributed by atoms with Gasteiger partial charge in [0.05, 0.1) is 30.8 Å². The van der Waals surface area contributed by atoms with Crippen LogP contribution in [0.3, 0.4) is 0 Å². The van der Waals surface area contributed by atoms with E-state index in [2.05, 4.69) is 17.1 Å². The van der Waals surface area contributed by atoms with Crippen molar-refractivity contribution in [2.24, 2.45) is 0 Å². The monoisotopic (exact) mass is 559 g/mol. The van der Waals surface area contributed by atoms with Crippen LogP contribution in [0.5, 0.6) is 17.2 Å². The molecule has 2 aliphatic rings. The van der Waals surface area contributed by atoms with Crippen molar-refractivity contribution in [3.05, 3.63) is 58.2 Å². The van der Waals surface area contributed by atoms with Gasteiger partial charge < -0.3 is 19.5 Å². The number of rotatable bonds is 9. The zero-order valence-corrected chi connectivity index (χ0v) is 22.8. The molecule has 1 saturated heterocycles. The van der Waals surface area contributed by atoms with Crippen molar-refractivity contribution in [3.63, 3.8) is 0 Å². The van der Waals surface area contributed by atoms with Gasteiger partial charge in [0.2, 0.25) is 0 Å². The van der Waals surface area contributed by atoms with E-state index in [0.29, 0.717) is 53.0 Å². The summed E-state index contributed by atoms with van der Waals surface area (Å²) < 4.78 is 36.6. The quantitative estimate of drug-likeness (QED) is 0.363. The number of fused-ring (bicyclic) bond motifs is 1. The van der Waals surface area contributed by atoms with E-state index in [1.807, 2.05) is 25.1 Å². The summed E-state index contributed by atoms with van der Waals surface area (Å²) in [5, 5.41) is 18.3. The summed E-state index contributed by atoms with van der Waals surface area (Å²) in [6, 6.07) is 8.98. The highest BCUT2D eigenvalue weighted by molar-refractivity contribution is 7.91. The first kappa shape index (κ1) is 26.4. The standard InChI is InChI=1S/C27H30ClN3O6S/c1-3-5-11-37-21-9-6-16(13-22(21)36-4-2)26-23-24(19-14-17(28)7-8-20(19)32)29-30-25(23)27(33)31(26)18-10-12-38(34,35)15-18/h6-9,13-14,18,26,32H,3-5,10-12,15H2,1-2H3,(H,29,30). The summed E-state index contributed by atoms with van der Waals surface area (Å²) in [6.07, 6.45) is 2.24. The average molecular weight is 560 g/mol. The number of H-pyrrole nitrogens is 1. The summed E-state index contributed by atoms with van der Waals surface area (Å²) in [6.45, 7) is 4.93. The molecule has 0 saturated carbocycles. The molecule has 3 aromatic rings. The number of phenols is 1. The van der Waals surface area contributed by atoms with Crippen LogP contribution < -0.4 is 9.47 Å². The molecule has 38 heavy (non-hydrogen) atoms. The van der Waals surface area contributed by atoms with Crippen LogP contribution in [0.2, 0.25) is 5.02 Å². The van der Waals surface area contributed by atoms with Crippen molar-refractivity contribution in [1.82, 2.24) is 15.1 Å². The first-order chi connectivity index (χ1) is 18.2. The highest BCUT2D eigenvalue weighted by atomic mass is 35.5. The fourth-order valence-corrected chi connectivity index (χ4v) is 7.06. The van der Waals surface area contributed by atoms with E-state index < -0.39 is 21.9 Å². The van der Waals surface area contributed by atoms with Crippen LogP contribution in [0.25, 0.3) is 11.3 Å². The molecular weight excluding hydrogens is 530 g/mol. The van der Waals surface area contributed by atoms with Crippen molar-refractivity contribution in [2.75, 3.05) is 24.7 Å². The van der Waals surface area contributed by atoms with Crippen molar-refractivity contribution in [2.45, 2.75) is 45.2 Å². The lowest BCUT2D eigenvalue weighted by Crippen LogP contribution is -2.40. The number of sulfone groups is 1. The minimum absolute atomic E-state index is 0.0245. The third kappa shape index (κ3) is 4.82. The molecule has 1 aromatic heterocycles. The highest BCUT2D eigenvalue weighted by Crippen LogP contribution is 2.48. The van der Waals surface area contributed by atoms with E-state index in [1.54, 1.807) is 17.0 Å². The predicted octanol–water partition coefficient (Wildman–Crippen LogP) is 4.75. The number of carbonyl (C=O) groups is 1. The summed E-state index contributed by atoms with van der Waals surface area (Å²) >= 11 is 6.23. The number of ether oxygens (including phenoxy) is 2. The average Bonchev–Trinajstić information content (AvgIpc) is 3.55. The summed E-state index contributed by atoms with van der Waals surface area (Å²) in [4.78, 5) is 15.4. The number of carbonyl (C=O) groups excluding carboxylic acids is 1. The molecule has 2 aromatic carbocycles. The number of aromatic nitrogens is 2. The van der Waals surface area contributed by atoms with E-state index >= 15 is 0 Å². The third-order valence-corrected chi connectivity index (χ3v) is 8.94. The lowest BCUT2D eigenvalue weighted by Gasteiger charge is -2.31. The van der Waals surface area contributed by atoms with E-state index in [0.717, 1.165) is 18.4 Å². The largest absolute Gasteiger partial charge is 0.507 e. The lowest BCUT2D eigenvalue weighted by molar-refractivity contribution is 0.0677. The highest BCUT2D eigenvalue weighted by Gasteiger charge is 2.48. The molecule has 11 heteroatoms. The second kappa shape index (κ2) is 10.5. The van der Waals surface area contributed by atoms with Crippen LogP contribution in [-0.4, -0.2) is 65.3 Å². The van der Waals surface area contributed by atoms with E-state index in [4.69, 9.17) is 21.1 Å². The van der Waals surface area contributed by atoms with E-state index in [-0.39, 0.29) is 28.9 Å². The molecule has 0 radical (unpaired) electrons. The number of aromatic hydroxyl groups is 1. The molecule has 0 bridgehead atoms. The lowest BCUT2D eigenvalue weighted by atomic mass is 9.94. The summed E-state index contributed by atoms with van der Waals surface area (Å²) in [7, 11) is -3.27. The maximum atomic E-state index is 13.7. The van der Waals surface area contributed by atoms with Crippen molar-refractivity contribution in [3.8, 4) is 28.5 Å². The number of aromatic amines is 1. The molecule has 5 rings (SSSR count). The van der Waals surface area contributed by atoms with Gasteiger partial charge in [-0.25, -0.2) is 8.42 Å². The van der Waals surface area contributed by atoms with Crippen molar-refractivity contribution >= 4 is 27.3 Å². The fourth-order valence-electron chi connectivity index (χ4n) is 5.18. The number of unbranched alkanes of at least 4 members (excludes halogenated alkanes) is 1. The number of phenolic OH excluding ortho intramolecular Hbond substituents is 1. The smallest absolute Gasteiger partial charge is 0.273 e. The molecule has 2 unspecified atom stereocenters. The number of nitrogens with zero attached hydrogens (tertiary/aromatic N) is 2. The first-order valence-electron chi connectivity index (χ1n) is 12.7. The van der Waals surface area contributed by atoms with Gasteiger partial charge in [-0.05, 0) is 55.7 Å². The zero-order valence-electron chi connectivity index (χ0n) is 21.2. The number of nitrogens with one attached hydrogen (secondary N) is 1. The van der Waals surface area contributed by atoms with Gasteiger partial charge in [0, 0.05) is 22.2 Å². The van der Waals surface area contributed by atoms with Crippen molar-refractivity contribution in [1.29, 1.82) is 0 Å². The van der Waals surface area contributed by atoms with Gasteiger partial charge in [0.25, 0.3) is 5.91 Å². The number of hydrogen-bond acceptors (Lipinski definition) is 7. The number of benzene rings is 2. The Labute approximate surface area is 226 Å². The van der Waals surface area contributed by atoms with Gasteiger partial charge in [-0.3, -0.25) is 9.89 Å². The number of hydrogen-bond donors (Lipinski definition) is 2. The Morgan fingerprint density at radius 1 is 1.16 bits per heavy atom. The summed E-state index contributed by atoms with van der Waals surface area (Å²) in [5.74, 6) is 0.679. The normalized spacial score (nSPS) is 20.1. The Morgan fingerprint density at radius 2 is 1.97 bits per heavy atom. The number of halogens is 1. The Bertz CT molecular complexity index is 1470. The first-order valence-corrected chi connectivity index (χ1v) is 14.9. The Morgan fingerprint density at radius 3 is 2.68 bits per heavy atom. The number of amides is 1. The van der Waals surface area contributed by atoms with Crippen molar-refractivity contribution < 1.29 is 27.8 Å². The maximum Gasteiger partial charge on any atom is 0.273 e. The van der Waals surface area contributed by atoms with Crippen LogP contribution in [0.15, 0.2) is 36.4 Å². The minimum atomic E-state index is -3.27. The van der Waals surface area contributed by atoms with Crippen LogP contribution in [0, 0.1) is 0 Å². The van der Waals surface area contributed by atoms with Gasteiger partial charge in [-0.15, -0.1) is 0 Å². The van der Waals surface area contributed by atoms with Gasteiger partial charge in [-0.2, -0.15) is 5.10 Å². The second-order valence-corrected chi connectivity index (χ2v) is 12.2. The zero-order chi connectivity index (χ0) is 27.0.